The van der Waals surface area contributed by atoms with Gasteiger partial charge in [-0.2, -0.15) is 4.58 Å². The van der Waals surface area contributed by atoms with E-state index in [4.69, 9.17) is 0 Å². The summed E-state index contributed by atoms with van der Waals surface area (Å²) in [5.41, 5.74) is 8.02. The van der Waals surface area contributed by atoms with Gasteiger partial charge in [-0.15, -0.1) is 0 Å². The number of hydrogen-bond donors (Lipinski definition) is 0. The highest BCUT2D eigenvalue weighted by molar-refractivity contribution is 14.1. The van der Waals surface area contributed by atoms with Crippen molar-refractivity contribution in [1.29, 1.82) is 0 Å². The molecule has 4 rings (SSSR count). The maximum atomic E-state index is 2.40. The Bertz CT molecular complexity index is 1210. The number of likely N-dealkylation sites (N-methyl/N-ethyl adjacent to an activating group) is 1. The lowest BCUT2D eigenvalue weighted by Crippen LogP contribution is -2.26. The van der Waals surface area contributed by atoms with Gasteiger partial charge in [0.2, 0.25) is 5.69 Å². The number of fused-ring (bicyclic) bond motifs is 2. The molecule has 164 valence electrons. The van der Waals surface area contributed by atoms with Crippen LogP contribution in [-0.4, -0.2) is 24.4 Å². The Morgan fingerprint density at radius 2 is 1.56 bits per heavy atom. The fraction of sp³-hybridized carbons (Fsp3) is 0.276. The Morgan fingerprint density at radius 1 is 0.906 bits per heavy atom. The van der Waals surface area contributed by atoms with E-state index in [9.17, 15) is 0 Å². The molecule has 2 aromatic rings. The van der Waals surface area contributed by atoms with Crippen LogP contribution in [0.5, 0.6) is 0 Å². The van der Waals surface area contributed by atoms with E-state index in [0.717, 1.165) is 0 Å². The van der Waals surface area contributed by atoms with E-state index >= 15 is 0 Å². The highest BCUT2D eigenvalue weighted by atomic mass is 127. The standard InChI is InChI=1S/C29H32IN2/c1-28(2)22-15-7-9-17-24(22)31(5)26(28)19-11-13-21(30)14-12-20-27-29(3,4)23-16-8-10-18-25(23)32(27)6/h7-20H,1-6H3/q+1. The average Bonchev–Trinajstić information content (AvgIpc) is 3.08. The van der Waals surface area contributed by atoms with Gasteiger partial charge in [0.15, 0.2) is 5.71 Å². The third kappa shape index (κ3) is 3.81. The fourth-order valence-corrected chi connectivity index (χ4v) is 5.54. The van der Waals surface area contributed by atoms with E-state index in [2.05, 4.69) is 159 Å². The lowest BCUT2D eigenvalue weighted by molar-refractivity contribution is -0.401. The van der Waals surface area contributed by atoms with Crippen LogP contribution < -0.4 is 4.90 Å². The monoisotopic (exact) mass is 535 g/mol. The lowest BCUT2D eigenvalue weighted by atomic mass is 9.81. The smallest absolute Gasteiger partial charge is 0.209 e. The predicted octanol–water partition coefficient (Wildman–Crippen LogP) is 7.44. The third-order valence-electron chi connectivity index (χ3n) is 6.90. The van der Waals surface area contributed by atoms with Crippen molar-refractivity contribution in [2.75, 3.05) is 19.0 Å². The van der Waals surface area contributed by atoms with E-state index in [-0.39, 0.29) is 10.8 Å². The zero-order valence-corrected chi connectivity index (χ0v) is 22.0. The molecule has 0 saturated carbocycles. The molecule has 0 radical (unpaired) electrons. The van der Waals surface area contributed by atoms with E-state index in [1.54, 1.807) is 0 Å². The Labute approximate surface area is 206 Å². The molecule has 2 aliphatic heterocycles. The summed E-state index contributed by atoms with van der Waals surface area (Å²) in [4.78, 5) is 2.31. The maximum Gasteiger partial charge on any atom is 0.209 e. The van der Waals surface area contributed by atoms with Gasteiger partial charge < -0.3 is 4.90 Å². The van der Waals surface area contributed by atoms with Crippen LogP contribution >= 0.6 is 22.6 Å². The quantitative estimate of drug-likeness (QED) is 0.224. The van der Waals surface area contributed by atoms with Crippen molar-refractivity contribution in [3.63, 3.8) is 0 Å². The van der Waals surface area contributed by atoms with Crippen LogP contribution in [0, 0.1) is 0 Å². The SMILES string of the molecule is CN1/C(=C/C=C/C(I)=C/C=C/C2=[N+](C)c3ccccc3C2(C)C)C(C)(C)c2ccccc21. The number of para-hydroxylation sites is 2. The zero-order chi connectivity index (χ0) is 23.1. The summed E-state index contributed by atoms with van der Waals surface area (Å²) >= 11 is 2.40. The van der Waals surface area contributed by atoms with Crippen LogP contribution in [0.4, 0.5) is 11.4 Å². The van der Waals surface area contributed by atoms with Crippen LogP contribution in [0.3, 0.4) is 0 Å². The number of allylic oxidation sites excluding steroid dienone is 8. The number of halogens is 1. The highest BCUT2D eigenvalue weighted by Crippen LogP contribution is 2.46. The van der Waals surface area contributed by atoms with Gasteiger partial charge in [-0.3, -0.25) is 0 Å². The minimum absolute atomic E-state index is 0.00895. The van der Waals surface area contributed by atoms with Crippen LogP contribution in [0.1, 0.15) is 38.8 Å². The topological polar surface area (TPSA) is 6.25 Å². The van der Waals surface area contributed by atoms with Crippen molar-refractivity contribution < 1.29 is 4.58 Å². The van der Waals surface area contributed by atoms with Crippen molar-refractivity contribution in [3.05, 3.63) is 105 Å². The molecule has 0 bridgehead atoms. The summed E-state index contributed by atoms with van der Waals surface area (Å²) in [6.45, 7) is 9.20. The summed E-state index contributed by atoms with van der Waals surface area (Å²) in [5, 5.41) is 0. The Hall–Kier alpha value is -2.40. The minimum Gasteiger partial charge on any atom is -0.347 e. The number of rotatable bonds is 4. The van der Waals surface area contributed by atoms with Crippen LogP contribution in [-0.2, 0) is 10.8 Å². The van der Waals surface area contributed by atoms with Crippen LogP contribution in [0.25, 0.3) is 0 Å². The van der Waals surface area contributed by atoms with Gasteiger partial charge in [-0.05, 0) is 66.3 Å². The summed E-state index contributed by atoms with van der Waals surface area (Å²) in [6.07, 6.45) is 13.2. The second-order valence-electron chi connectivity index (χ2n) is 9.61. The maximum absolute atomic E-state index is 2.40. The molecule has 2 aliphatic rings. The van der Waals surface area contributed by atoms with Crippen molar-refractivity contribution in [3.8, 4) is 0 Å². The van der Waals surface area contributed by atoms with Crippen LogP contribution in [0.2, 0.25) is 0 Å². The van der Waals surface area contributed by atoms with Crippen molar-refractivity contribution in [2.24, 2.45) is 0 Å². The van der Waals surface area contributed by atoms with Gasteiger partial charge >= 0.3 is 0 Å². The number of anilines is 1. The van der Waals surface area contributed by atoms with Gasteiger partial charge in [0.05, 0.1) is 5.41 Å². The minimum atomic E-state index is 0.00895. The van der Waals surface area contributed by atoms with Gasteiger partial charge in [-0.1, -0.05) is 62.4 Å². The molecule has 0 unspecified atom stereocenters. The van der Waals surface area contributed by atoms with Gasteiger partial charge in [0, 0.05) is 45.1 Å². The summed E-state index contributed by atoms with van der Waals surface area (Å²) < 4.78 is 3.51. The molecular weight excluding hydrogens is 503 g/mol. The normalized spacial score (nSPS) is 20.7. The molecule has 2 aromatic carbocycles. The second-order valence-corrected chi connectivity index (χ2v) is 10.9. The number of hydrogen-bond acceptors (Lipinski definition) is 1. The number of nitrogens with zero attached hydrogens (tertiary/aromatic N) is 2. The lowest BCUT2D eigenvalue weighted by Gasteiger charge is -2.23. The molecule has 3 heteroatoms. The Balaban J connectivity index is 1.51. The van der Waals surface area contributed by atoms with Crippen LogP contribution in [0.15, 0.2) is 94.3 Å². The van der Waals surface area contributed by atoms with Crippen molar-refractivity contribution in [2.45, 2.75) is 38.5 Å². The van der Waals surface area contributed by atoms with E-state index in [1.807, 2.05) is 0 Å². The molecule has 2 heterocycles. The first-order valence-electron chi connectivity index (χ1n) is 11.1. The Kier molecular flexibility index (Phi) is 6.06. The molecule has 32 heavy (non-hydrogen) atoms. The molecule has 0 spiro atoms. The zero-order valence-electron chi connectivity index (χ0n) is 19.9. The van der Waals surface area contributed by atoms with E-state index in [1.165, 1.54) is 37.5 Å². The second kappa shape index (κ2) is 8.51. The van der Waals surface area contributed by atoms with Crippen molar-refractivity contribution >= 4 is 39.7 Å². The average molecular weight is 535 g/mol. The third-order valence-corrected chi connectivity index (χ3v) is 7.62. The molecule has 0 atom stereocenters. The molecule has 0 N–H and O–H groups in total. The summed E-state index contributed by atoms with van der Waals surface area (Å²) in [6, 6.07) is 17.4. The van der Waals surface area contributed by atoms with Gasteiger partial charge in [0.1, 0.15) is 7.05 Å². The fourth-order valence-electron chi connectivity index (χ4n) is 5.12. The Morgan fingerprint density at radius 3 is 2.25 bits per heavy atom. The summed E-state index contributed by atoms with van der Waals surface area (Å²) in [7, 11) is 4.32. The van der Waals surface area contributed by atoms with Gasteiger partial charge in [0.25, 0.3) is 0 Å². The predicted molar refractivity (Wildman–Crippen MR) is 147 cm³/mol. The largest absolute Gasteiger partial charge is 0.347 e. The molecule has 0 saturated heterocycles. The highest BCUT2D eigenvalue weighted by Gasteiger charge is 2.42. The van der Waals surface area contributed by atoms with Gasteiger partial charge in [-0.25, -0.2) is 0 Å². The molecule has 0 amide bonds. The van der Waals surface area contributed by atoms with E-state index in [0.29, 0.717) is 0 Å². The van der Waals surface area contributed by atoms with E-state index < -0.39 is 0 Å². The first kappa shape index (κ1) is 22.8. The molecule has 0 aromatic heterocycles. The molecule has 0 aliphatic carbocycles. The molecule has 0 fully saturated rings. The molecular formula is C29H32IN2+. The van der Waals surface area contributed by atoms with Crippen molar-refractivity contribution in [1.82, 2.24) is 0 Å². The molecule has 2 nitrogen and oxygen atoms in total. The first-order valence-corrected chi connectivity index (χ1v) is 12.2. The first-order chi connectivity index (χ1) is 15.2. The summed E-state index contributed by atoms with van der Waals surface area (Å²) in [5.74, 6) is 0. The number of benzene rings is 2.